The number of carbonyl (C=O) groups excluding carboxylic acids is 2. The fraction of sp³-hybridized carbons (Fsp3) is 0.283. The summed E-state index contributed by atoms with van der Waals surface area (Å²) in [6.45, 7) is 24.6. The lowest BCUT2D eigenvalue weighted by Gasteiger charge is -2.32. The van der Waals surface area contributed by atoms with Crippen LogP contribution in [0.3, 0.4) is 0 Å². The van der Waals surface area contributed by atoms with Gasteiger partial charge in [0.1, 0.15) is 32.8 Å². The largest absolute Gasteiger partial charge is 0.494 e. The molecule has 18 heteroatoms. The van der Waals surface area contributed by atoms with E-state index >= 15 is 0 Å². The number of hydrogen-bond donors (Lipinski definition) is 0. The van der Waals surface area contributed by atoms with Crippen LogP contribution < -0.4 is 34.2 Å². The van der Waals surface area contributed by atoms with Gasteiger partial charge in [-0.15, -0.1) is 45.3 Å². The lowest BCUT2D eigenvalue weighted by atomic mass is 9.79. The molecule has 1 aliphatic rings. The first-order valence-electron chi connectivity index (χ1n) is 48.8. The van der Waals surface area contributed by atoms with Crippen molar-refractivity contribution in [2.24, 2.45) is 0 Å². The van der Waals surface area contributed by atoms with E-state index in [1.54, 1.807) is 22.7 Å². The molecule has 5 heterocycles. The highest BCUT2D eigenvalue weighted by atomic mass is 79.9. The van der Waals surface area contributed by atoms with Crippen molar-refractivity contribution in [3.05, 3.63) is 328 Å². The highest BCUT2D eigenvalue weighted by Crippen LogP contribution is 2.46. The highest BCUT2D eigenvalue weighted by Gasteiger charge is 2.52. The molecule has 17 rings (SSSR count). The van der Waals surface area contributed by atoms with Crippen LogP contribution in [-0.4, -0.2) is 70.9 Å². The molecule has 1 fully saturated rings. The second kappa shape index (κ2) is 48.6. The Hall–Kier alpha value is -11.8. The van der Waals surface area contributed by atoms with Gasteiger partial charge in [0.15, 0.2) is 0 Å². The summed E-state index contributed by atoms with van der Waals surface area (Å²) in [5, 5.41) is 2.13. The standard InChI is InChI=1S/C57H57NO4S2.C48H58BNO4.C15H11BrO2S2/c1-5-7-9-11-35-61-51-31-21-43(22-32-51)41-15-25-48(26-16-41)58(49-27-17-42(18-28-49)44-23-33-52(34-24-44)62-36-12-10-8-6-2)50-29-19-45(20-30-50)53-37-40(3)56(64-53)47-14-13-46-38-55(57(59)60-4)63-54(46)39-47;1-7-9-11-13-35-51-45-31-19-39(20-32-45)37-15-25-42(26-16-37)50(44-29-23-41(24-30-44)49-53-47(3,4)48(5,6)54-49)43-27-17-38(18-28-43)40-21-33-46(34-22-40)52-36-14-12-10-8-2;1-8-5-13(16)20-14(8)10-4-3-9-6-12(15(17)18-2)19-11(9)7-10/h13-34,37-39H,5-12,35-36H2,1-4H3;15-34H,7-14,35-36H2,1-6H3;3-7H,1-2H3. The van der Waals surface area contributed by atoms with Crippen LogP contribution in [0.5, 0.6) is 23.0 Å². The predicted octanol–water partition coefficient (Wildman–Crippen LogP) is 35.3. The molecule has 12 nitrogen and oxygen atoms in total. The molecular formula is C120H126BBrN2O10S4. The van der Waals surface area contributed by atoms with E-state index in [0.717, 1.165) is 189 Å². The molecule has 12 aromatic carbocycles. The van der Waals surface area contributed by atoms with E-state index in [9.17, 15) is 9.59 Å². The summed E-state index contributed by atoms with van der Waals surface area (Å²) in [5.41, 5.74) is 21.9. The molecule has 0 saturated carbocycles. The highest BCUT2D eigenvalue weighted by molar-refractivity contribution is 9.11. The summed E-state index contributed by atoms with van der Waals surface area (Å²) in [4.78, 5) is 33.4. The number of esters is 2. The number of rotatable bonds is 40. The van der Waals surface area contributed by atoms with E-state index in [4.69, 9.17) is 37.7 Å². The number of ether oxygens (including phenoxy) is 6. The number of anilines is 6. The maximum Gasteiger partial charge on any atom is 0.494 e. The third-order valence-electron chi connectivity index (χ3n) is 25.5. The zero-order chi connectivity index (χ0) is 96.5. The molecule has 0 aliphatic carbocycles. The van der Waals surface area contributed by atoms with Gasteiger partial charge in [-0.05, 0) is 329 Å². The molecule has 0 unspecified atom stereocenters. The number of methoxy groups -OCH3 is 2. The lowest BCUT2D eigenvalue weighted by Crippen LogP contribution is -2.41. The molecule has 0 radical (unpaired) electrons. The fourth-order valence-electron chi connectivity index (χ4n) is 16.9. The lowest BCUT2D eigenvalue weighted by molar-refractivity contribution is 0.00578. The Morgan fingerprint density at radius 1 is 0.312 bits per heavy atom. The number of unbranched alkanes of at least 4 members (excludes halogenated alkanes) is 12. The van der Waals surface area contributed by atoms with Gasteiger partial charge < -0.3 is 47.5 Å². The number of carbonyl (C=O) groups is 2. The maximum absolute atomic E-state index is 12.2. The Labute approximate surface area is 841 Å². The average Bonchev–Trinajstić information content (AvgIpc) is 1.45. The van der Waals surface area contributed by atoms with Crippen molar-refractivity contribution in [1.29, 1.82) is 0 Å². The third kappa shape index (κ3) is 26.0. The topological polar surface area (TPSA) is 114 Å². The summed E-state index contributed by atoms with van der Waals surface area (Å²) in [5.74, 6) is 3.11. The quantitative estimate of drug-likeness (QED) is 0.0207. The van der Waals surface area contributed by atoms with Gasteiger partial charge in [0.05, 0.1) is 55.6 Å². The van der Waals surface area contributed by atoms with Crippen molar-refractivity contribution in [1.82, 2.24) is 0 Å². The molecule has 0 N–H and O–H groups in total. The van der Waals surface area contributed by atoms with Crippen molar-refractivity contribution >= 4 is 140 Å². The maximum atomic E-state index is 12.2. The molecule has 0 atom stereocenters. The molecule has 4 aromatic heterocycles. The van der Waals surface area contributed by atoms with Gasteiger partial charge in [-0.1, -0.05) is 250 Å². The number of nitrogens with zero attached hydrogens (tertiary/aromatic N) is 2. The van der Waals surface area contributed by atoms with Crippen LogP contribution in [0.2, 0.25) is 0 Å². The monoisotopic (exact) mass is 1970 g/mol. The van der Waals surface area contributed by atoms with Gasteiger partial charge in [-0.2, -0.15) is 0 Å². The molecule has 1 aliphatic heterocycles. The van der Waals surface area contributed by atoms with Crippen molar-refractivity contribution in [2.45, 2.75) is 183 Å². The second-order valence-electron chi connectivity index (χ2n) is 36.2. The Balaban J connectivity index is 0.000000176. The van der Waals surface area contributed by atoms with Gasteiger partial charge in [0.25, 0.3) is 0 Å². The van der Waals surface area contributed by atoms with Crippen molar-refractivity contribution in [3.8, 4) is 98.8 Å². The first kappa shape index (κ1) is 101. The summed E-state index contributed by atoms with van der Waals surface area (Å²) < 4.78 is 49.8. The molecule has 16 aromatic rings. The van der Waals surface area contributed by atoms with E-state index in [2.05, 4.69) is 386 Å². The summed E-state index contributed by atoms with van der Waals surface area (Å²) >= 11 is 9.98. The van der Waals surface area contributed by atoms with E-state index in [1.165, 1.54) is 151 Å². The van der Waals surface area contributed by atoms with Crippen LogP contribution in [-0.2, 0) is 18.8 Å². The molecule has 138 heavy (non-hydrogen) atoms. The van der Waals surface area contributed by atoms with E-state index in [0.29, 0.717) is 9.75 Å². The van der Waals surface area contributed by atoms with Crippen LogP contribution in [0, 0.1) is 13.8 Å². The van der Waals surface area contributed by atoms with Gasteiger partial charge in [0.2, 0.25) is 0 Å². The summed E-state index contributed by atoms with van der Waals surface area (Å²) in [6, 6.07) is 107. The van der Waals surface area contributed by atoms with Crippen LogP contribution >= 0.6 is 61.3 Å². The van der Waals surface area contributed by atoms with Crippen LogP contribution in [0.15, 0.2) is 307 Å². The number of fused-ring (bicyclic) bond motifs is 2. The minimum atomic E-state index is -0.410. The number of aryl methyl sites for hydroxylation is 2. The van der Waals surface area contributed by atoms with Gasteiger partial charge >= 0.3 is 19.1 Å². The zero-order valence-corrected chi connectivity index (χ0v) is 86.4. The number of halogens is 1. The van der Waals surface area contributed by atoms with Crippen LogP contribution in [0.25, 0.3) is 96.0 Å². The first-order chi connectivity index (χ1) is 67.1. The van der Waals surface area contributed by atoms with Gasteiger partial charge in [-0.25, -0.2) is 9.59 Å². The van der Waals surface area contributed by atoms with Crippen molar-refractivity contribution in [2.75, 3.05) is 50.4 Å². The minimum Gasteiger partial charge on any atom is -0.494 e. The van der Waals surface area contributed by atoms with Crippen LogP contribution in [0.4, 0.5) is 34.1 Å². The molecule has 0 bridgehead atoms. The zero-order valence-electron chi connectivity index (χ0n) is 81.6. The van der Waals surface area contributed by atoms with Crippen molar-refractivity contribution < 1.29 is 47.3 Å². The van der Waals surface area contributed by atoms with E-state index < -0.39 is 18.3 Å². The number of hydrogen-bond acceptors (Lipinski definition) is 16. The summed E-state index contributed by atoms with van der Waals surface area (Å²) in [7, 11) is 2.42. The third-order valence-corrected chi connectivity index (χ3v) is 30.8. The number of benzene rings is 12. The fourth-order valence-corrected chi connectivity index (χ4v) is 21.8. The summed E-state index contributed by atoms with van der Waals surface area (Å²) in [6.07, 6.45) is 19.2. The Morgan fingerprint density at radius 2 is 0.580 bits per heavy atom. The second-order valence-corrected chi connectivity index (χ2v) is 41.9. The molecular weight excluding hydrogens is 1850 g/mol. The Bertz CT molecular complexity index is 6380. The Kier molecular flexibility index (Phi) is 35.5. The molecule has 0 amide bonds. The normalized spacial score (nSPS) is 12.5. The number of thiophene rings is 4. The minimum absolute atomic E-state index is 0.275. The van der Waals surface area contributed by atoms with Gasteiger partial charge in [-0.3, -0.25) is 0 Å². The predicted molar refractivity (Wildman–Crippen MR) is 587 cm³/mol. The SMILES string of the molecule is CCCCCCOc1ccc(-c2ccc(N(c3ccc(-c4ccc(OCCCCCC)cc4)cc3)c3ccc(-c4cc(C)c(-c5ccc6cc(C(=O)OC)sc6c5)s4)cc3)cc2)cc1.CCCCCCOc1ccc(-c2ccc(N(c3ccc(B4OC(C)(C)C(C)(C)O4)cc3)c3ccc(-c4ccc(OCCCCCC)cc4)cc3)cc2)cc1.COC(=O)c1cc2ccc(-c3sc(Br)cc3C)cc2s1. The average molecular weight is 1980 g/mol. The van der Waals surface area contributed by atoms with E-state index in [1.807, 2.05) is 12.1 Å². The molecule has 0 spiro atoms. The van der Waals surface area contributed by atoms with E-state index in [-0.39, 0.29) is 11.9 Å². The van der Waals surface area contributed by atoms with Crippen LogP contribution in [0.1, 0.15) is 189 Å². The smallest absolute Gasteiger partial charge is 0.494 e. The molecule has 1 saturated heterocycles. The Morgan fingerprint density at radius 3 is 0.862 bits per heavy atom. The molecule has 710 valence electrons. The first-order valence-corrected chi connectivity index (χ1v) is 52.8. The van der Waals surface area contributed by atoms with Crippen molar-refractivity contribution in [3.63, 3.8) is 0 Å². The van der Waals surface area contributed by atoms with Gasteiger partial charge in [0, 0.05) is 58.2 Å².